The highest BCUT2D eigenvalue weighted by molar-refractivity contribution is 6.69. The van der Waals surface area contributed by atoms with Gasteiger partial charge in [-0.2, -0.15) is 0 Å². The highest BCUT2D eigenvalue weighted by atomic mass is 28.4. The lowest BCUT2D eigenvalue weighted by Gasteiger charge is -2.46. The van der Waals surface area contributed by atoms with Crippen molar-refractivity contribution in [1.82, 2.24) is 0 Å². The quantitative estimate of drug-likeness (QED) is 0.421. The second-order valence-electron chi connectivity index (χ2n) is 10.0. The van der Waals surface area contributed by atoms with Crippen molar-refractivity contribution in [3.05, 3.63) is 12.2 Å². The van der Waals surface area contributed by atoms with Crippen LogP contribution in [0.15, 0.2) is 12.2 Å². The van der Waals surface area contributed by atoms with E-state index in [-0.39, 0.29) is 41.3 Å². The summed E-state index contributed by atoms with van der Waals surface area (Å²) in [5.41, 5.74) is 0.0292. The van der Waals surface area contributed by atoms with Gasteiger partial charge in [-0.15, -0.1) is 0 Å². The first-order valence-corrected chi connectivity index (χ1v) is 13.2. The lowest BCUT2D eigenvalue weighted by atomic mass is 9.74. The molecule has 0 spiro atoms. The van der Waals surface area contributed by atoms with E-state index in [4.69, 9.17) is 18.6 Å². The van der Waals surface area contributed by atoms with Crippen LogP contribution in [0.4, 0.5) is 0 Å². The van der Waals surface area contributed by atoms with E-state index in [1.165, 1.54) is 0 Å². The maximum absolute atomic E-state index is 12.5. The summed E-state index contributed by atoms with van der Waals surface area (Å²) in [6.07, 6.45) is 4.72. The van der Waals surface area contributed by atoms with Gasteiger partial charge in [-0.25, -0.2) is 0 Å². The van der Waals surface area contributed by atoms with Crippen molar-refractivity contribution in [2.75, 3.05) is 13.2 Å². The van der Waals surface area contributed by atoms with Crippen LogP contribution in [0.2, 0.25) is 19.6 Å². The van der Waals surface area contributed by atoms with Gasteiger partial charge in [0.1, 0.15) is 6.10 Å². The van der Waals surface area contributed by atoms with Gasteiger partial charge in [0.05, 0.1) is 25.2 Å². The average Bonchev–Trinajstić information content (AvgIpc) is 2.86. The number of carbonyl (C=O) groups is 1. The first-order chi connectivity index (χ1) is 11.9. The fourth-order valence-electron chi connectivity index (χ4n) is 4.19. The molecule has 0 saturated carbocycles. The fraction of sp³-hybridized carbons (Fsp3) is 0.850. The molecule has 2 aliphatic heterocycles. The molecule has 5 nitrogen and oxygen atoms in total. The molecule has 0 N–H and O–H groups in total. The minimum atomic E-state index is -1.69. The third-order valence-electron chi connectivity index (χ3n) is 5.65. The molecule has 1 aliphatic carbocycles. The van der Waals surface area contributed by atoms with E-state index < -0.39 is 14.1 Å². The summed E-state index contributed by atoms with van der Waals surface area (Å²) in [6, 6.07) is 0. The van der Waals surface area contributed by atoms with Gasteiger partial charge in [0.2, 0.25) is 0 Å². The minimum absolute atomic E-state index is 0.0292. The summed E-state index contributed by atoms with van der Waals surface area (Å²) in [7, 11) is -1.69. The van der Waals surface area contributed by atoms with Gasteiger partial charge in [0.15, 0.2) is 14.1 Å². The van der Waals surface area contributed by atoms with Gasteiger partial charge in [-0.05, 0) is 39.9 Å². The Kier molecular flexibility index (Phi) is 5.19. The van der Waals surface area contributed by atoms with Gasteiger partial charge in [0, 0.05) is 17.3 Å². The van der Waals surface area contributed by atoms with Crippen LogP contribution < -0.4 is 0 Å². The monoisotopic (exact) mass is 382 g/mol. The summed E-state index contributed by atoms with van der Waals surface area (Å²) in [4.78, 5) is 12.5. The average molecular weight is 383 g/mol. The van der Waals surface area contributed by atoms with Crippen LogP contribution in [-0.2, 0) is 23.4 Å². The molecule has 3 rings (SSSR count). The van der Waals surface area contributed by atoms with E-state index in [1.54, 1.807) is 0 Å². The Morgan fingerprint density at radius 1 is 1.15 bits per heavy atom. The van der Waals surface area contributed by atoms with E-state index in [0.717, 1.165) is 0 Å². The van der Waals surface area contributed by atoms with Crippen LogP contribution in [0.25, 0.3) is 0 Å². The van der Waals surface area contributed by atoms with Crippen molar-refractivity contribution in [2.24, 2.45) is 23.2 Å². The van der Waals surface area contributed by atoms with Crippen molar-refractivity contribution in [1.29, 1.82) is 0 Å². The molecule has 0 aromatic heterocycles. The van der Waals surface area contributed by atoms with Crippen molar-refractivity contribution < 1.29 is 23.4 Å². The second-order valence-corrected chi connectivity index (χ2v) is 14.5. The molecular formula is C20H34O5Si. The van der Waals surface area contributed by atoms with E-state index >= 15 is 0 Å². The standard InChI is InChI=1S/C20H34O5Si/c1-13(25-26(5,6)7)17-15-9-8-14(10-16(15)18(21)24-17)20(4)22-11-19(2,3)12-23-20/h8-9,13-17H,10-12H2,1-7H3/t13-,14+,15-,16+,17-/m0/s1. The normalized spacial score (nSPS) is 37.1. The topological polar surface area (TPSA) is 54.0 Å². The molecular weight excluding hydrogens is 348 g/mol. The van der Waals surface area contributed by atoms with Crippen LogP contribution in [-0.4, -0.2) is 45.5 Å². The van der Waals surface area contributed by atoms with Crippen molar-refractivity contribution in [3.8, 4) is 0 Å². The Hall–Kier alpha value is -0.693. The number of esters is 1. The number of cyclic esters (lactones) is 1. The maximum Gasteiger partial charge on any atom is 0.310 e. The predicted molar refractivity (Wildman–Crippen MR) is 102 cm³/mol. The Morgan fingerprint density at radius 3 is 2.35 bits per heavy atom. The largest absolute Gasteiger partial charge is 0.459 e. The number of hydrogen-bond donors (Lipinski definition) is 0. The van der Waals surface area contributed by atoms with Gasteiger partial charge in [-0.3, -0.25) is 4.79 Å². The van der Waals surface area contributed by atoms with Gasteiger partial charge >= 0.3 is 5.97 Å². The molecule has 6 heteroatoms. The number of hydrogen-bond acceptors (Lipinski definition) is 5. The minimum Gasteiger partial charge on any atom is -0.459 e. The van der Waals surface area contributed by atoms with E-state index in [2.05, 4.69) is 45.6 Å². The molecule has 0 aromatic carbocycles. The zero-order valence-electron chi connectivity index (χ0n) is 17.2. The smallest absolute Gasteiger partial charge is 0.310 e. The molecule has 2 heterocycles. The van der Waals surface area contributed by atoms with Gasteiger partial charge in [0.25, 0.3) is 0 Å². The molecule has 2 saturated heterocycles. The van der Waals surface area contributed by atoms with Crippen molar-refractivity contribution >= 4 is 14.3 Å². The Balaban J connectivity index is 1.72. The van der Waals surface area contributed by atoms with Gasteiger partial charge < -0.3 is 18.6 Å². The summed E-state index contributed by atoms with van der Waals surface area (Å²) in [5.74, 6) is -0.787. The molecule has 3 aliphatic rings. The summed E-state index contributed by atoms with van der Waals surface area (Å²) < 4.78 is 24.1. The molecule has 5 atom stereocenters. The Bertz CT molecular complexity index is 569. The second kappa shape index (κ2) is 6.73. The molecule has 0 aromatic rings. The Morgan fingerprint density at radius 2 is 1.77 bits per heavy atom. The zero-order valence-corrected chi connectivity index (χ0v) is 18.2. The molecule has 148 valence electrons. The molecule has 26 heavy (non-hydrogen) atoms. The van der Waals surface area contributed by atoms with Crippen LogP contribution in [0, 0.1) is 23.2 Å². The van der Waals surface area contributed by atoms with Crippen LogP contribution >= 0.6 is 0 Å². The molecule has 0 radical (unpaired) electrons. The first-order valence-electron chi connectivity index (χ1n) is 9.75. The third kappa shape index (κ3) is 4.08. The van der Waals surface area contributed by atoms with Crippen LogP contribution in [0.3, 0.4) is 0 Å². The Labute approximate surface area is 158 Å². The predicted octanol–water partition coefficient (Wildman–Crippen LogP) is 3.75. The van der Waals surface area contributed by atoms with E-state index in [9.17, 15) is 4.79 Å². The SMILES string of the molecule is C[C@H](O[Si](C)(C)C)[C@@H]1OC(=O)[C@@H]2C[C@H](C3(C)OCC(C)(C)CO3)C=C[C@H]12. The van der Waals surface area contributed by atoms with Gasteiger partial charge in [-0.1, -0.05) is 26.0 Å². The lowest BCUT2D eigenvalue weighted by Crippen LogP contribution is -2.51. The summed E-state index contributed by atoms with van der Waals surface area (Å²) in [6.45, 7) is 16.1. The number of rotatable bonds is 4. The molecule has 0 amide bonds. The van der Waals surface area contributed by atoms with Crippen LogP contribution in [0.1, 0.15) is 34.1 Å². The van der Waals surface area contributed by atoms with E-state index in [0.29, 0.717) is 19.6 Å². The van der Waals surface area contributed by atoms with Crippen LogP contribution in [0.5, 0.6) is 0 Å². The van der Waals surface area contributed by atoms with Crippen molar-refractivity contribution in [2.45, 2.75) is 71.8 Å². The maximum atomic E-state index is 12.5. The number of fused-ring (bicyclic) bond motifs is 1. The molecule has 2 fully saturated rings. The highest BCUT2D eigenvalue weighted by Crippen LogP contribution is 2.45. The first kappa shape index (κ1) is 20.1. The number of carbonyl (C=O) groups excluding carboxylic acids is 1. The fourth-order valence-corrected chi connectivity index (χ4v) is 5.44. The highest BCUT2D eigenvalue weighted by Gasteiger charge is 2.52. The van der Waals surface area contributed by atoms with E-state index in [1.807, 2.05) is 13.8 Å². The molecule has 0 bridgehead atoms. The third-order valence-corrected chi connectivity index (χ3v) is 6.73. The molecule has 0 unspecified atom stereocenters. The number of ether oxygens (including phenoxy) is 3. The van der Waals surface area contributed by atoms with Crippen molar-refractivity contribution in [3.63, 3.8) is 0 Å². The lowest BCUT2D eigenvalue weighted by molar-refractivity contribution is -0.308. The summed E-state index contributed by atoms with van der Waals surface area (Å²) >= 11 is 0. The zero-order chi connectivity index (χ0) is 19.3. The summed E-state index contributed by atoms with van der Waals surface area (Å²) in [5, 5.41) is 0.